The lowest BCUT2D eigenvalue weighted by Gasteiger charge is -2.31. The number of nitrogens with one attached hydrogen (secondary N) is 1. The van der Waals surface area contributed by atoms with Crippen LogP contribution in [0.15, 0.2) is 47.6 Å². The van der Waals surface area contributed by atoms with E-state index in [1.54, 1.807) is 18.3 Å². The molecule has 1 aliphatic rings. The number of carbonyl (C=O) groups excluding carboxylic acids is 1. The topological polar surface area (TPSA) is 132 Å². The van der Waals surface area contributed by atoms with Crippen molar-refractivity contribution in [1.82, 2.24) is 14.6 Å². The highest BCUT2D eigenvalue weighted by atomic mass is 32.2. The highest BCUT2D eigenvalue weighted by Crippen LogP contribution is 2.31. The summed E-state index contributed by atoms with van der Waals surface area (Å²) in [5.74, 6) is -0.268. The number of amides is 1. The number of methoxy groups -OCH3 is 1. The molecular formula is C18H20N4O6S. The smallest absolute Gasteiger partial charge is 0.312 e. The van der Waals surface area contributed by atoms with Gasteiger partial charge < -0.3 is 10.1 Å². The summed E-state index contributed by atoms with van der Waals surface area (Å²) in [6.45, 7) is 0.389. The van der Waals surface area contributed by atoms with Crippen LogP contribution in [0, 0.1) is 10.1 Å². The maximum Gasteiger partial charge on any atom is 0.312 e. The van der Waals surface area contributed by atoms with Crippen LogP contribution in [0.3, 0.4) is 0 Å². The molecule has 2 heterocycles. The standard InChI is InChI=1S/C18H20N4O6S/c1-28-17-5-4-15(11-16(17)22(24)25)29(26,27)21-9-6-14(7-10-21)20-18(23)13-3-2-8-19-12-13/h2-5,8,11-12,14H,6-7,9-10H2,1H3,(H,20,23). The van der Waals surface area contributed by atoms with Crippen LogP contribution >= 0.6 is 0 Å². The van der Waals surface area contributed by atoms with Gasteiger partial charge in [-0.05, 0) is 37.1 Å². The Morgan fingerprint density at radius 3 is 2.62 bits per heavy atom. The van der Waals surface area contributed by atoms with E-state index in [1.807, 2.05) is 0 Å². The highest BCUT2D eigenvalue weighted by molar-refractivity contribution is 7.89. The summed E-state index contributed by atoms with van der Waals surface area (Å²) < 4.78 is 31.9. The van der Waals surface area contributed by atoms with Crippen molar-refractivity contribution in [3.63, 3.8) is 0 Å². The fourth-order valence-corrected chi connectivity index (χ4v) is 4.62. The molecular weight excluding hydrogens is 400 g/mol. The minimum Gasteiger partial charge on any atom is -0.490 e. The first-order valence-electron chi connectivity index (χ1n) is 8.86. The fourth-order valence-electron chi connectivity index (χ4n) is 3.13. The predicted octanol–water partition coefficient (Wildman–Crippen LogP) is 1.58. The Morgan fingerprint density at radius 1 is 1.31 bits per heavy atom. The number of piperidine rings is 1. The van der Waals surface area contributed by atoms with Crippen LogP contribution in [0.4, 0.5) is 5.69 Å². The van der Waals surface area contributed by atoms with E-state index in [1.165, 1.54) is 29.7 Å². The number of pyridine rings is 1. The van der Waals surface area contributed by atoms with Crippen molar-refractivity contribution < 1.29 is 22.9 Å². The van der Waals surface area contributed by atoms with Crippen LogP contribution in [0.1, 0.15) is 23.2 Å². The number of nitro benzene ring substituents is 1. The molecule has 0 bridgehead atoms. The van der Waals surface area contributed by atoms with Crippen molar-refractivity contribution in [2.24, 2.45) is 0 Å². The SMILES string of the molecule is COc1ccc(S(=O)(=O)N2CCC(NC(=O)c3cccnc3)CC2)cc1[N+](=O)[O-]. The van der Waals surface area contributed by atoms with Gasteiger partial charge in [0.05, 0.1) is 22.5 Å². The van der Waals surface area contributed by atoms with Crippen LogP contribution in [0.25, 0.3) is 0 Å². The lowest BCUT2D eigenvalue weighted by atomic mass is 10.1. The first-order chi connectivity index (χ1) is 13.8. The van der Waals surface area contributed by atoms with Gasteiger partial charge in [0.15, 0.2) is 5.75 Å². The summed E-state index contributed by atoms with van der Waals surface area (Å²) in [5, 5.41) is 14.1. The maximum atomic E-state index is 12.9. The van der Waals surface area contributed by atoms with Gasteiger partial charge in [-0.2, -0.15) is 4.31 Å². The summed E-state index contributed by atoms with van der Waals surface area (Å²) in [6, 6.07) is 6.71. The normalized spacial score (nSPS) is 15.6. The second-order valence-corrected chi connectivity index (χ2v) is 8.42. The minimum absolute atomic E-state index is 0.00854. The lowest BCUT2D eigenvalue weighted by Crippen LogP contribution is -2.46. The fraction of sp³-hybridized carbons (Fsp3) is 0.333. The van der Waals surface area contributed by atoms with Crippen molar-refractivity contribution in [1.29, 1.82) is 0 Å². The number of hydrogen-bond donors (Lipinski definition) is 1. The molecule has 10 nitrogen and oxygen atoms in total. The zero-order valence-electron chi connectivity index (χ0n) is 15.6. The molecule has 1 N–H and O–H groups in total. The molecule has 3 rings (SSSR count). The number of carbonyl (C=O) groups is 1. The van der Waals surface area contributed by atoms with E-state index < -0.39 is 20.6 Å². The van der Waals surface area contributed by atoms with Crippen molar-refractivity contribution in [3.8, 4) is 5.75 Å². The second kappa shape index (κ2) is 8.53. The van der Waals surface area contributed by atoms with Gasteiger partial charge in [0.25, 0.3) is 5.91 Å². The van der Waals surface area contributed by atoms with Gasteiger partial charge in [-0.1, -0.05) is 0 Å². The van der Waals surface area contributed by atoms with Crippen LogP contribution in [-0.4, -0.2) is 54.8 Å². The summed E-state index contributed by atoms with van der Waals surface area (Å²) in [5.41, 5.74) is 0.0280. The first kappa shape index (κ1) is 20.7. The molecule has 1 amide bonds. The van der Waals surface area contributed by atoms with E-state index in [0.29, 0.717) is 18.4 Å². The Kier molecular flexibility index (Phi) is 6.09. The Labute approximate surface area is 167 Å². The van der Waals surface area contributed by atoms with Crippen LogP contribution in [-0.2, 0) is 10.0 Å². The molecule has 1 aromatic heterocycles. The molecule has 11 heteroatoms. The third kappa shape index (κ3) is 4.51. The van der Waals surface area contributed by atoms with E-state index in [2.05, 4.69) is 10.3 Å². The van der Waals surface area contributed by atoms with E-state index in [-0.39, 0.29) is 35.7 Å². The van der Waals surface area contributed by atoms with Gasteiger partial charge in [-0.25, -0.2) is 8.42 Å². The summed E-state index contributed by atoms with van der Waals surface area (Å²) in [7, 11) is -2.62. The number of ether oxygens (including phenoxy) is 1. The zero-order valence-corrected chi connectivity index (χ0v) is 16.5. The number of aromatic nitrogens is 1. The first-order valence-corrected chi connectivity index (χ1v) is 10.3. The average Bonchev–Trinajstić information content (AvgIpc) is 2.74. The number of sulfonamides is 1. The summed E-state index contributed by atoms with van der Waals surface area (Å²) in [6.07, 6.45) is 3.90. The molecule has 1 aromatic carbocycles. The number of nitro groups is 1. The number of hydrogen-bond acceptors (Lipinski definition) is 7. The average molecular weight is 420 g/mol. The van der Waals surface area contributed by atoms with Gasteiger partial charge in [-0.3, -0.25) is 19.9 Å². The van der Waals surface area contributed by atoms with Gasteiger partial charge in [0, 0.05) is 37.6 Å². The largest absolute Gasteiger partial charge is 0.490 e. The van der Waals surface area contributed by atoms with Gasteiger partial charge in [0.1, 0.15) is 0 Å². The Morgan fingerprint density at radius 2 is 2.03 bits per heavy atom. The third-order valence-corrected chi connectivity index (χ3v) is 6.59. The maximum absolute atomic E-state index is 12.9. The molecule has 0 aliphatic carbocycles. The van der Waals surface area contributed by atoms with Gasteiger partial charge >= 0.3 is 5.69 Å². The van der Waals surface area contributed by atoms with Crippen molar-refractivity contribution in [3.05, 3.63) is 58.4 Å². The predicted molar refractivity (Wildman–Crippen MR) is 103 cm³/mol. The summed E-state index contributed by atoms with van der Waals surface area (Å²) >= 11 is 0. The van der Waals surface area contributed by atoms with Gasteiger partial charge in [-0.15, -0.1) is 0 Å². The molecule has 0 atom stereocenters. The Balaban J connectivity index is 1.68. The van der Waals surface area contributed by atoms with E-state index in [0.717, 1.165) is 6.07 Å². The molecule has 2 aromatic rings. The van der Waals surface area contributed by atoms with Crippen LogP contribution in [0.2, 0.25) is 0 Å². The molecule has 1 fully saturated rings. The van der Waals surface area contributed by atoms with Crippen molar-refractivity contribution in [2.45, 2.75) is 23.8 Å². The molecule has 1 aliphatic heterocycles. The molecule has 0 radical (unpaired) electrons. The van der Waals surface area contributed by atoms with Gasteiger partial charge in [0.2, 0.25) is 10.0 Å². The van der Waals surface area contributed by atoms with Crippen molar-refractivity contribution in [2.75, 3.05) is 20.2 Å². The van der Waals surface area contributed by atoms with E-state index in [4.69, 9.17) is 4.74 Å². The lowest BCUT2D eigenvalue weighted by molar-refractivity contribution is -0.386. The number of rotatable bonds is 6. The second-order valence-electron chi connectivity index (χ2n) is 6.48. The molecule has 0 unspecified atom stereocenters. The quantitative estimate of drug-likeness (QED) is 0.554. The summed E-state index contributed by atoms with van der Waals surface area (Å²) in [4.78, 5) is 26.4. The number of benzene rings is 1. The van der Waals surface area contributed by atoms with Crippen molar-refractivity contribution >= 4 is 21.6 Å². The van der Waals surface area contributed by atoms with Crippen LogP contribution < -0.4 is 10.1 Å². The van der Waals surface area contributed by atoms with Crippen LogP contribution in [0.5, 0.6) is 5.75 Å². The Bertz CT molecular complexity index is 1000. The molecule has 0 saturated carbocycles. The molecule has 154 valence electrons. The third-order valence-electron chi connectivity index (χ3n) is 4.70. The highest BCUT2D eigenvalue weighted by Gasteiger charge is 2.31. The zero-order chi connectivity index (χ0) is 21.0. The Hall–Kier alpha value is -3.05. The monoisotopic (exact) mass is 420 g/mol. The van der Waals surface area contributed by atoms with E-state index in [9.17, 15) is 23.3 Å². The minimum atomic E-state index is -3.90. The van der Waals surface area contributed by atoms with E-state index >= 15 is 0 Å². The molecule has 29 heavy (non-hydrogen) atoms. The molecule has 0 spiro atoms. The number of nitrogens with zero attached hydrogens (tertiary/aromatic N) is 3. The molecule has 1 saturated heterocycles.